The van der Waals surface area contributed by atoms with Gasteiger partial charge in [-0.25, -0.2) is 8.78 Å². The number of rotatable bonds is 5. The molecule has 22 heavy (non-hydrogen) atoms. The molecule has 1 amide bonds. The van der Waals surface area contributed by atoms with Crippen molar-refractivity contribution in [3.8, 4) is 0 Å². The topological polar surface area (TPSA) is 41.1 Å². The zero-order valence-electron chi connectivity index (χ0n) is 13.2. The Labute approximate surface area is 130 Å². The highest BCUT2D eigenvalue weighted by molar-refractivity contribution is 5.73. The zero-order chi connectivity index (χ0) is 16.1. The van der Waals surface area contributed by atoms with Crippen LogP contribution in [-0.4, -0.2) is 24.5 Å². The van der Waals surface area contributed by atoms with E-state index in [-0.39, 0.29) is 11.8 Å². The summed E-state index contributed by atoms with van der Waals surface area (Å²) in [5, 5.41) is 6.46. The summed E-state index contributed by atoms with van der Waals surface area (Å²) < 4.78 is 26.2. The Morgan fingerprint density at radius 1 is 1.18 bits per heavy atom. The van der Waals surface area contributed by atoms with E-state index >= 15 is 0 Å². The molecule has 122 valence electrons. The summed E-state index contributed by atoms with van der Waals surface area (Å²) in [5.41, 5.74) is 0.804. The van der Waals surface area contributed by atoms with Crippen LogP contribution in [0.5, 0.6) is 0 Å². The van der Waals surface area contributed by atoms with Crippen LogP contribution < -0.4 is 10.6 Å². The first kappa shape index (κ1) is 16.9. The van der Waals surface area contributed by atoms with Gasteiger partial charge in [-0.3, -0.25) is 4.79 Å². The van der Waals surface area contributed by atoms with Crippen LogP contribution >= 0.6 is 0 Å². The van der Waals surface area contributed by atoms with Crippen molar-refractivity contribution in [1.29, 1.82) is 0 Å². The largest absolute Gasteiger partial charge is 0.354 e. The van der Waals surface area contributed by atoms with Gasteiger partial charge in [-0.05, 0) is 49.3 Å². The minimum Gasteiger partial charge on any atom is -0.354 e. The van der Waals surface area contributed by atoms with E-state index in [9.17, 15) is 13.6 Å². The molecule has 0 radical (unpaired) electrons. The van der Waals surface area contributed by atoms with Crippen molar-refractivity contribution in [2.24, 2.45) is 0 Å². The Kier molecular flexibility index (Phi) is 5.89. The van der Waals surface area contributed by atoms with Gasteiger partial charge < -0.3 is 10.6 Å². The molecule has 0 unspecified atom stereocenters. The van der Waals surface area contributed by atoms with Gasteiger partial charge in [-0.2, -0.15) is 0 Å². The second-order valence-corrected chi connectivity index (χ2v) is 6.23. The van der Waals surface area contributed by atoms with Crippen LogP contribution in [-0.2, 0) is 4.79 Å². The standard InChI is InChI=1S/C17H24F2N2O/c1-11(13-3-8-16(18)17(19)9-13)10-20-14-4-6-15(7-5-14)21-12(2)22/h3,8-9,11,14-15,20H,4-7,10H2,1-2H3,(H,21,22)/t11-,14?,15?/m1/s1. The molecule has 0 spiro atoms. The normalized spacial score (nSPS) is 23.1. The smallest absolute Gasteiger partial charge is 0.217 e. The van der Waals surface area contributed by atoms with Crippen molar-refractivity contribution in [1.82, 2.24) is 10.6 Å². The molecule has 0 aromatic heterocycles. The minimum absolute atomic E-state index is 0.0309. The molecule has 2 N–H and O–H groups in total. The molecule has 1 aromatic carbocycles. The molecule has 0 aliphatic heterocycles. The van der Waals surface area contributed by atoms with Crippen LogP contribution in [0.3, 0.4) is 0 Å². The van der Waals surface area contributed by atoms with Crippen LogP contribution in [0.4, 0.5) is 8.78 Å². The molecule has 1 saturated carbocycles. The summed E-state index contributed by atoms with van der Waals surface area (Å²) in [5.74, 6) is -1.44. The second kappa shape index (κ2) is 7.68. The van der Waals surface area contributed by atoms with E-state index in [1.165, 1.54) is 12.1 Å². The monoisotopic (exact) mass is 310 g/mol. The maximum Gasteiger partial charge on any atom is 0.217 e. The van der Waals surface area contributed by atoms with Gasteiger partial charge in [-0.1, -0.05) is 13.0 Å². The van der Waals surface area contributed by atoms with Crippen LogP contribution in [0.1, 0.15) is 51.0 Å². The molecule has 1 aliphatic carbocycles. The minimum atomic E-state index is -0.805. The van der Waals surface area contributed by atoms with Crippen molar-refractivity contribution >= 4 is 5.91 Å². The van der Waals surface area contributed by atoms with Gasteiger partial charge in [0.05, 0.1) is 0 Å². The van der Waals surface area contributed by atoms with Crippen LogP contribution in [0, 0.1) is 11.6 Å². The van der Waals surface area contributed by atoms with Crippen LogP contribution in [0.15, 0.2) is 18.2 Å². The molecule has 1 atom stereocenters. The van der Waals surface area contributed by atoms with Gasteiger partial charge in [0.2, 0.25) is 5.91 Å². The van der Waals surface area contributed by atoms with Crippen molar-refractivity contribution in [3.05, 3.63) is 35.4 Å². The Balaban J connectivity index is 1.76. The van der Waals surface area contributed by atoms with Crippen LogP contribution in [0.25, 0.3) is 0 Å². The fourth-order valence-corrected chi connectivity index (χ4v) is 3.01. The van der Waals surface area contributed by atoms with Crippen molar-refractivity contribution in [3.63, 3.8) is 0 Å². The Bertz CT molecular complexity index is 513. The molecule has 3 nitrogen and oxygen atoms in total. The molecule has 1 aromatic rings. The first-order chi connectivity index (χ1) is 10.5. The third-order valence-electron chi connectivity index (χ3n) is 4.36. The lowest BCUT2D eigenvalue weighted by Gasteiger charge is -2.30. The summed E-state index contributed by atoms with van der Waals surface area (Å²) >= 11 is 0. The Morgan fingerprint density at radius 2 is 1.82 bits per heavy atom. The lowest BCUT2D eigenvalue weighted by atomic mass is 9.90. The lowest BCUT2D eigenvalue weighted by molar-refractivity contribution is -0.119. The van der Waals surface area contributed by atoms with E-state index in [0.29, 0.717) is 12.1 Å². The zero-order valence-corrected chi connectivity index (χ0v) is 13.2. The van der Waals surface area contributed by atoms with E-state index in [1.54, 1.807) is 13.0 Å². The third-order valence-corrected chi connectivity index (χ3v) is 4.36. The number of benzene rings is 1. The molecule has 0 saturated heterocycles. The van der Waals surface area contributed by atoms with Crippen molar-refractivity contribution in [2.45, 2.75) is 57.5 Å². The number of hydrogen-bond donors (Lipinski definition) is 2. The number of carbonyl (C=O) groups is 1. The second-order valence-electron chi connectivity index (χ2n) is 6.23. The number of halogens is 2. The molecular weight excluding hydrogens is 286 g/mol. The highest BCUT2D eigenvalue weighted by Gasteiger charge is 2.21. The Hall–Kier alpha value is -1.49. The highest BCUT2D eigenvalue weighted by Crippen LogP contribution is 2.21. The lowest BCUT2D eigenvalue weighted by Crippen LogP contribution is -2.42. The molecular formula is C17H24F2N2O. The SMILES string of the molecule is CC(=O)NC1CCC(NC[C@@H](C)c2ccc(F)c(F)c2)CC1. The summed E-state index contributed by atoms with van der Waals surface area (Å²) in [6.45, 7) is 4.29. The van der Waals surface area contributed by atoms with E-state index in [2.05, 4.69) is 10.6 Å². The van der Waals surface area contributed by atoms with E-state index in [1.807, 2.05) is 6.92 Å². The highest BCUT2D eigenvalue weighted by atomic mass is 19.2. The number of carbonyl (C=O) groups excluding carboxylic acids is 1. The van der Waals surface area contributed by atoms with Crippen molar-refractivity contribution in [2.75, 3.05) is 6.54 Å². The average molecular weight is 310 g/mol. The summed E-state index contributed by atoms with van der Waals surface area (Å²) in [4.78, 5) is 11.0. The number of amides is 1. The maximum atomic E-state index is 13.3. The third kappa shape index (κ3) is 4.77. The predicted molar refractivity (Wildman–Crippen MR) is 82.6 cm³/mol. The van der Waals surface area contributed by atoms with Gasteiger partial charge in [0.1, 0.15) is 0 Å². The predicted octanol–water partition coefficient (Wildman–Crippen LogP) is 3.11. The van der Waals surface area contributed by atoms with E-state index in [4.69, 9.17) is 0 Å². The van der Waals surface area contributed by atoms with Gasteiger partial charge in [0.15, 0.2) is 11.6 Å². The number of hydrogen-bond acceptors (Lipinski definition) is 2. The molecule has 0 heterocycles. The van der Waals surface area contributed by atoms with Crippen molar-refractivity contribution < 1.29 is 13.6 Å². The summed E-state index contributed by atoms with van der Waals surface area (Å²) in [7, 11) is 0. The van der Waals surface area contributed by atoms with Crippen LogP contribution in [0.2, 0.25) is 0 Å². The fraction of sp³-hybridized carbons (Fsp3) is 0.588. The van der Waals surface area contributed by atoms with E-state index in [0.717, 1.165) is 37.8 Å². The first-order valence-corrected chi connectivity index (χ1v) is 7.91. The van der Waals surface area contributed by atoms with Gasteiger partial charge in [0, 0.05) is 25.6 Å². The molecule has 5 heteroatoms. The van der Waals surface area contributed by atoms with E-state index < -0.39 is 11.6 Å². The summed E-state index contributed by atoms with van der Waals surface area (Å²) in [6, 6.07) is 4.81. The van der Waals surface area contributed by atoms with Gasteiger partial charge >= 0.3 is 0 Å². The average Bonchev–Trinajstić information content (AvgIpc) is 2.48. The number of nitrogens with one attached hydrogen (secondary N) is 2. The summed E-state index contributed by atoms with van der Waals surface area (Å²) in [6.07, 6.45) is 4.01. The molecule has 1 fully saturated rings. The van der Waals surface area contributed by atoms with Gasteiger partial charge in [-0.15, -0.1) is 0 Å². The quantitative estimate of drug-likeness (QED) is 0.877. The molecule has 1 aliphatic rings. The first-order valence-electron chi connectivity index (χ1n) is 7.91. The molecule has 0 bridgehead atoms. The Morgan fingerprint density at radius 3 is 2.41 bits per heavy atom. The molecule has 2 rings (SSSR count). The van der Waals surface area contributed by atoms with Gasteiger partial charge in [0.25, 0.3) is 0 Å². The maximum absolute atomic E-state index is 13.3. The fourth-order valence-electron chi connectivity index (χ4n) is 3.01.